The number of nitrogens with one attached hydrogen (secondary N) is 1. The van der Waals surface area contributed by atoms with Gasteiger partial charge in [0.1, 0.15) is 0 Å². The molecule has 0 spiro atoms. The Morgan fingerprint density at radius 2 is 1.53 bits per heavy atom. The van der Waals surface area contributed by atoms with Crippen LogP contribution in [0.4, 0.5) is 0 Å². The highest BCUT2D eigenvalue weighted by molar-refractivity contribution is 4.66. The molecule has 1 unspecified atom stereocenters. The Balaban J connectivity index is 3.53. The molecule has 0 aliphatic rings. The lowest BCUT2D eigenvalue weighted by Crippen LogP contribution is -2.28. The summed E-state index contributed by atoms with van der Waals surface area (Å²) in [6.07, 6.45) is 9.65. The number of hydrogen-bond donors (Lipinski definition) is 1. The SMILES string of the molecule is CCCCCC(CCCC(C)C)NCC. The van der Waals surface area contributed by atoms with Gasteiger partial charge in [0.2, 0.25) is 0 Å². The van der Waals surface area contributed by atoms with Crippen molar-refractivity contribution in [3.05, 3.63) is 0 Å². The summed E-state index contributed by atoms with van der Waals surface area (Å²) in [4.78, 5) is 0. The van der Waals surface area contributed by atoms with Crippen LogP contribution in [-0.4, -0.2) is 12.6 Å². The van der Waals surface area contributed by atoms with Crippen molar-refractivity contribution in [2.24, 2.45) is 5.92 Å². The highest BCUT2D eigenvalue weighted by atomic mass is 14.9. The van der Waals surface area contributed by atoms with Gasteiger partial charge in [0.15, 0.2) is 0 Å². The van der Waals surface area contributed by atoms with E-state index >= 15 is 0 Å². The molecule has 0 aromatic carbocycles. The molecule has 0 rings (SSSR count). The van der Waals surface area contributed by atoms with Crippen LogP contribution in [0.1, 0.15) is 72.6 Å². The van der Waals surface area contributed by atoms with Gasteiger partial charge in [0.05, 0.1) is 0 Å². The molecule has 0 heterocycles. The molecule has 1 N–H and O–H groups in total. The molecule has 0 aromatic heterocycles. The summed E-state index contributed by atoms with van der Waals surface area (Å²) < 4.78 is 0. The average Bonchev–Trinajstić information content (AvgIpc) is 2.17. The molecule has 0 bridgehead atoms. The molecular formula is C14H31N. The summed E-state index contributed by atoms with van der Waals surface area (Å²) in [6, 6.07) is 0.778. The van der Waals surface area contributed by atoms with E-state index in [1.807, 2.05) is 0 Å². The average molecular weight is 213 g/mol. The number of unbranched alkanes of at least 4 members (excludes halogenated alkanes) is 2. The van der Waals surface area contributed by atoms with Crippen LogP contribution < -0.4 is 5.32 Å². The zero-order valence-electron chi connectivity index (χ0n) is 11.3. The van der Waals surface area contributed by atoms with Crippen LogP contribution in [0.25, 0.3) is 0 Å². The molecule has 0 saturated heterocycles. The zero-order valence-corrected chi connectivity index (χ0v) is 11.3. The largest absolute Gasteiger partial charge is 0.314 e. The predicted molar refractivity (Wildman–Crippen MR) is 70.3 cm³/mol. The van der Waals surface area contributed by atoms with Crippen LogP contribution in [0, 0.1) is 5.92 Å². The Morgan fingerprint density at radius 1 is 0.867 bits per heavy atom. The molecule has 1 heteroatoms. The van der Waals surface area contributed by atoms with Gasteiger partial charge in [-0.25, -0.2) is 0 Å². The van der Waals surface area contributed by atoms with E-state index in [1.165, 1.54) is 44.9 Å². The first-order chi connectivity index (χ1) is 7.20. The highest BCUT2D eigenvalue weighted by Gasteiger charge is 2.06. The summed E-state index contributed by atoms with van der Waals surface area (Å²) in [6.45, 7) is 10.3. The first-order valence-electron chi connectivity index (χ1n) is 6.94. The smallest absolute Gasteiger partial charge is 0.00669 e. The molecule has 15 heavy (non-hydrogen) atoms. The lowest BCUT2D eigenvalue weighted by Gasteiger charge is -2.18. The van der Waals surface area contributed by atoms with Crippen LogP contribution in [0.15, 0.2) is 0 Å². The Morgan fingerprint density at radius 3 is 2.07 bits per heavy atom. The Bertz CT molecular complexity index is 121. The van der Waals surface area contributed by atoms with Crippen molar-refractivity contribution < 1.29 is 0 Å². The Hall–Kier alpha value is -0.0400. The predicted octanol–water partition coefficient (Wildman–Crippen LogP) is 4.37. The van der Waals surface area contributed by atoms with Crippen molar-refractivity contribution in [1.29, 1.82) is 0 Å². The van der Waals surface area contributed by atoms with Gasteiger partial charge < -0.3 is 5.32 Å². The van der Waals surface area contributed by atoms with E-state index in [1.54, 1.807) is 0 Å². The second-order valence-electron chi connectivity index (χ2n) is 5.08. The van der Waals surface area contributed by atoms with Gasteiger partial charge >= 0.3 is 0 Å². The monoisotopic (exact) mass is 213 g/mol. The zero-order chi connectivity index (χ0) is 11.5. The fraction of sp³-hybridized carbons (Fsp3) is 1.00. The van der Waals surface area contributed by atoms with Gasteiger partial charge in [-0.15, -0.1) is 0 Å². The van der Waals surface area contributed by atoms with E-state index in [9.17, 15) is 0 Å². The Labute approximate surface area is 97.0 Å². The van der Waals surface area contributed by atoms with Gasteiger partial charge in [0, 0.05) is 6.04 Å². The maximum atomic E-state index is 3.62. The third-order valence-electron chi connectivity index (χ3n) is 2.98. The second kappa shape index (κ2) is 10.5. The van der Waals surface area contributed by atoms with Gasteiger partial charge in [-0.3, -0.25) is 0 Å². The van der Waals surface area contributed by atoms with Crippen LogP contribution in [-0.2, 0) is 0 Å². The minimum absolute atomic E-state index is 0.778. The van der Waals surface area contributed by atoms with Gasteiger partial charge in [-0.05, 0) is 25.3 Å². The summed E-state index contributed by atoms with van der Waals surface area (Å²) in [7, 11) is 0. The third kappa shape index (κ3) is 10.2. The summed E-state index contributed by atoms with van der Waals surface area (Å²) >= 11 is 0. The number of hydrogen-bond acceptors (Lipinski definition) is 1. The Kier molecular flexibility index (Phi) is 10.4. The van der Waals surface area contributed by atoms with Crippen LogP contribution >= 0.6 is 0 Å². The minimum Gasteiger partial charge on any atom is -0.314 e. The molecular weight excluding hydrogens is 182 g/mol. The standard InChI is InChI=1S/C14H31N/c1-5-7-8-11-14(15-6-2)12-9-10-13(3)4/h13-15H,5-12H2,1-4H3. The van der Waals surface area contributed by atoms with Crippen LogP contribution in [0.5, 0.6) is 0 Å². The fourth-order valence-electron chi connectivity index (χ4n) is 2.05. The van der Waals surface area contributed by atoms with Crippen LogP contribution in [0.2, 0.25) is 0 Å². The number of rotatable bonds is 10. The maximum absolute atomic E-state index is 3.62. The summed E-state index contributed by atoms with van der Waals surface area (Å²) in [5.41, 5.74) is 0. The van der Waals surface area contributed by atoms with Crippen molar-refractivity contribution in [2.45, 2.75) is 78.7 Å². The van der Waals surface area contributed by atoms with Gasteiger partial charge in [-0.2, -0.15) is 0 Å². The van der Waals surface area contributed by atoms with Crippen molar-refractivity contribution in [1.82, 2.24) is 5.32 Å². The maximum Gasteiger partial charge on any atom is 0.00669 e. The third-order valence-corrected chi connectivity index (χ3v) is 2.98. The molecule has 0 aliphatic heterocycles. The minimum atomic E-state index is 0.778. The normalized spacial score (nSPS) is 13.4. The molecule has 0 aliphatic carbocycles. The van der Waals surface area contributed by atoms with Gasteiger partial charge in [-0.1, -0.05) is 59.8 Å². The quantitative estimate of drug-likeness (QED) is 0.531. The summed E-state index contributed by atoms with van der Waals surface area (Å²) in [5.74, 6) is 0.864. The molecule has 1 nitrogen and oxygen atoms in total. The first kappa shape index (κ1) is 15.0. The lowest BCUT2D eigenvalue weighted by atomic mass is 9.99. The van der Waals surface area contributed by atoms with E-state index in [0.717, 1.165) is 18.5 Å². The fourth-order valence-corrected chi connectivity index (χ4v) is 2.05. The molecule has 0 amide bonds. The van der Waals surface area contributed by atoms with Crippen molar-refractivity contribution in [2.75, 3.05) is 6.54 Å². The summed E-state index contributed by atoms with van der Waals surface area (Å²) in [5, 5.41) is 3.62. The molecule has 92 valence electrons. The molecule has 0 aromatic rings. The van der Waals surface area contributed by atoms with E-state index in [-0.39, 0.29) is 0 Å². The van der Waals surface area contributed by atoms with Crippen LogP contribution in [0.3, 0.4) is 0 Å². The van der Waals surface area contributed by atoms with Crippen molar-refractivity contribution >= 4 is 0 Å². The lowest BCUT2D eigenvalue weighted by molar-refractivity contribution is 0.412. The van der Waals surface area contributed by atoms with E-state index in [2.05, 4.69) is 33.0 Å². The second-order valence-corrected chi connectivity index (χ2v) is 5.08. The molecule has 0 radical (unpaired) electrons. The molecule has 0 fully saturated rings. The van der Waals surface area contributed by atoms with Crippen molar-refractivity contribution in [3.8, 4) is 0 Å². The van der Waals surface area contributed by atoms with Crippen molar-refractivity contribution in [3.63, 3.8) is 0 Å². The highest BCUT2D eigenvalue weighted by Crippen LogP contribution is 2.12. The molecule has 1 atom stereocenters. The van der Waals surface area contributed by atoms with E-state index in [4.69, 9.17) is 0 Å². The van der Waals surface area contributed by atoms with E-state index < -0.39 is 0 Å². The topological polar surface area (TPSA) is 12.0 Å². The molecule has 0 saturated carbocycles. The van der Waals surface area contributed by atoms with E-state index in [0.29, 0.717) is 0 Å². The first-order valence-corrected chi connectivity index (χ1v) is 6.94. The van der Waals surface area contributed by atoms with Gasteiger partial charge in [0.25, 0.3) is 0 Å².